The lowest BCUT2D eigenvalue weighted by atomic mass is 10.0. The lowest BCUT2D eigenvalue weighted by Gasteiger charge is -2.23. The average Bonchev–Trinajstić information content (AvgIpc) is 2.57. The van der Waals surface area contributed by atoms with Crippen LogP contribution in [0.2, 0.25) is 0 Å². The minimum atomic E-state index is -0.129. The van der Waals surface area contributed by atoms with E-state index in [0.717, 1.165) is 25.8 Å². The number of halogens is 1. The molecule has 6 heteroatoms. The Balaban J connectivity index is 0.00000264. The molecule has 0 bridgehead atoms. The molecule has 23 heavy (non-hydrogen) atoms. The molecule has 1 aliphatic heterocycles. The standard InChI is InChI=1S/C17H25N3O2.ClH/c1-3-20(4-2)17(22)13-8-7-9-14(12-13)19-16(21)15-10-5-6-11-18-15;/h7-9,12,15,18H,3-6,10-11H2,1-2H3,(H,19,21);1H/t15-;/m1./s1. The van der Waals surface area contributed by atoms with E-state index in [1.807, 2.05) is 19.9 Å². The zero-order valence-electron chi connectivity index (χ0n) is 13.8. The van der Waals surface area contributed by atoms with E-state index < -0.39 is 0 Å². The van der Waals surface area contributed by atoms with Crippen molar-refractivity contribution < 1.29 is 9.59 Å². The molecule has 1 atom stereocenters. The van der Waals surface area contributed by atoms with E-state index in [-0.39, 0.29) is 30.3 Å². The predicted octanol–water partition coefficient (Wildman–Crippen LogP) is 2.67. The van der Waals surface area contributed by atoms with E-state index in [0.29, 0.717) is 24.3 Å². The zero-order chi connectivity index (χ0) is 15.9. The van der Waals surface area contributed by atoms with Gasteiger partial charge in [-0.3, -0.25) is 9.59 Å². The molecule has 0 unspecified atom stereocenters. The van der Waals surface area contributed by atoms with Crippen molar-refractivity contribution in [1.82, 2.24) is 10.2 Å². The molecule has 0 aliphatic carbocycles. The van der Waals surface area contributed by atoms with Gasteiger partial charge in [0.25, 0.3) is 5.91 Å². The summed E-state index contributed by atoms with van der Waals surface area (Å²) in [5.74, 6) is -0.0240. The predicted molar refractivity (Wildman–Crippen MR) is 95.2 cm³/mol. The SMILES string of the molecule is CCN(CC)C(=O)c1cccc(NC(=O)[C@H]2CCCCN2)c1.Cl. The molecule has 128 valence electrons. The molecule has 1 aliphatic rings. The topological polar surface area (TPSA) is 61.4 Å². The molecule has 1 saturated heterocycles. The second-order valence-electron chi connectivity index (χ2n) is 5.55. The largest absolute Gasteiger partial charge is 0.339 e. The van der Waals surface area contributed by atoms with Gasteiger partial charge in [-0.2, -0.15) is 0 Å². The minimum absolute atomic E-state index is 0. The lowest BCUT2D eigenvalue weighted by Crippen LogP contribution is -2.43. The van der Waals surface area contributed by atoms with Crippen LogP contribution in [0.4, 0.5) is 5.69 Å². The van der Waals surface area contributed by atoms with Gasteiger partial charge >= 0.3 is 0 Å². The molecule has 1 heterocycles. The number of rotatable bonds is 5. The number of hydrogen-bond donors (Lipinski definition) is 2. The molecule has 0 aromatic heterocycles. The number of anilines is 1. The van der Waals surface area contributed by atoms with E-state index in [1.165, 1.54) is 0 Å². The van der Waals surface area contributed by atoms with Gasteiger partial charge in [-0.1, -0.05) is 12.5 Å². The van der Waals surface area contributed by atoms with Crippen LogP contribution in [0.25, 0.3) is 0 Å². The van der Waals surface area contributed by atoms with Crippen molar-refractivity contribution in [2.75, 3.05) is 25.0 Å². The van der Waals surface area contributed by atoms with E-state index in [1.54, 1.807) is 23.1 Å². The molecule has 2 amide bonds. The fourth-order valence-corrected chi connectivity index (χ4v) is 2.73. The fraction of sp³-hybridized carbons (Fsp3) is 0.529. The smallest absolute Gasteiger partial charge is 0.253 e. The summed E-state index contributed by atoms with van der Waals surface area (Å²) in [7, 11) is 0. The van der Waals surface area contributed by atoms with Crippen LogP contribution >= 0.6 is 12.4 Å². The van der Waals surface area contributed by atoms with Gasteiger partial charge < -0.3 is 15.5 Å². The summed E-state index contributed by atoms with van der Waals surface area (Å²) < 4.78 is 0. The molecule has 0 radical (unpaired) electrons. The lowest BCUT2D eigenvalue weighted by molar-refractivity contribution is -0.118. The molecule has 1 fully saturated rings. The third-order valence-corrected chi connectivity index (χ3v) is 4.05. The highest BCUT2D eigenvalue weighted by atomic mass is 35.5. The van der Waals surface area contributed by atoms with Crippen molar-refractivity contribution in [2.45, 2.75) is 39.2 Å². The van der Waals surface area contributed by atoms with Crippen LogP contribution < -0.4 is 10.6 Å². The summed E-state index contributed by atoms with van der Waals surface area (Å²) in [6, 6.07) is 7.03. The Hall–Kier alpha value is -1.59. The monoisotopic (exact) mass is 339 g/mol. The maximum atomic E-state index is 12.3. The Labute approximate surface area is 144 Å². The molecule has 0 spiro atoms. The van der Waals surface area contributed by atoms with Crippen molar-refractivity contribution >= 4 is 29.9 Å². The van der Waals surface area contributed by atoms with E-state index in [4.69, 9.17) is 0 Å². The van der Waals surface area contributed by atoms with Crippen molar-refractivity contribution in [3.63, 3.8) is 0 Å². The first-order valence-electron chi connectivity index (χ1n) is 8.09. The third-order valence-electron chi connectivity index (χ3n) is 4.05. The average molecular weight is 340 g/mol. The van der Waals surface area contributed by atoms with Crippen molar-refractivity contribution in [1.29, 1.82) is 0 Å². The van der Waals surface area contributed by atoms with Gasteiger partial charge in [-0.25, -0.2) is 0 Å². The van der Waals surface area contributed by atoms with Crippen LogP contribution in [-0.4, -0.2) is 42.4 Å². The highest BCUT2D eigenvalue weighted by Gasteiger charge is 2.21. The summed E-state index contributed by atoms with van der Waals surface area (Å²) in [6.07, 6.45) is 3.06. The summed E-state index contributed by atoms with van der Waals surface area (Å²) in [4.78, 5) is 26.3. The van der Waals surface area contributed by atoms with Crippen molar-refractivity contribution in [3.05, 3.63) is 29.8 Å². The molecule has 5 nitrogen and oxygen atoms in total. The summed E-state index contributed by atoms with van der Waals surface area (Å²) in [5.41, 5.74) is 1.29. The van der Waals surface area contributed by atoms with Gasteiger partial charge in [0.2, 0.25) is 5.91 Å². The van der Waals surface area contributed by atoms with Crippen molar-refractivity contribution in [3.8, 4) is 0 Å². The number of piperidine rings is 1. The normalized spacial score (nSPS) is 17.0. The molecule has 0 saturated carbocycles. The number of nitrogens with zero attached hydrogens (tertiary/aromatic N) is 1. The fourth-order valence-electron chi connectivity index (χ4n) is 2.73. The molecular weight excluding hydrogens is 314 g/mol. The van der Waals surface area contributed by atoms with Crippen LogP contribution in [0.5, 0.6) is 0 Å². The van der Waals surface area contributed by atoms with Crippen LogP contribution in [0.1, 0.15) is 43.5 Å². The second kappa shape index (κ2) is 9.53. The number of benzene rings is 1. The highest BCUT2D eigenvalue weighted by Crippen LogP contribution is 2.15. The number of nitrogens with one attached hydrogen (secondary N) is 2. The summed E-state index contributed by atoms with van der Waals surface area (Å²) in [5, 5.41) is 6.14. The van der Waals surface area contributed by atoms with Gasteiger partial charge in [0.15, 0.2) is 0 Å². The Kier molecular flexibility index (Phi) is 8.06. The maximum absolute atomic E-state index is 12.3. The molecular formula is C17H26ClN3O2. The van der Waals surface area contributed by atoms with Crippen LogP contribution in [0, 0.1) is 0 Å². The van der Waals surface area contributed by atoms with E-state index in [2.05, 4.69) is 10.6 Å². The van der Waals surface area contributed by atoms with Crippen LogP contribution in [0.3, 0.4) is 0 Å². The minimum Gasteiger partial charge on any atom is -0.339 e. The van der Waals surface area contributed by atoms with E-state index >= 15 is 0 Å². The van der Waals surface area contributed by atoms with Crippen molar-refractivity contribution in [2.24, 2.45) is 0 Å². The Bertz CT molecular complexity index is 526. The summed E-state index contributed by atoms with van der Waals surface area (Å²) in [6.45, 7) is 6.16. The zero-order valence-corrected chi connectivity index (χ0v) is 14.6. The van der Waals surface area contributed by atoms with Gasteiger partial charge in [-0.15, -0.1) is 12.4 Å². The Morgan fingerprint density at radius 1 is 1.26 bits per heavy atom. The number of carbonyl (C=O) groups excluding carboxylic acids is 2. The first-order chi connectivity index (χ1) is 10.7. The van der Waals surface area contributed by atoms with E-state index in [9.17, 15) is 9.59 Å². The molecule has 2 rings (SSSR count). The van der Waals surface area contributed by atoms with Gasteiger partial charge in [-0.05, 0) is 51.4 Å². The third kappa shape index (κ3) is 5.22. The molecule has 1 aromatic rings. The van der Waals surface area contributed by atoms with Gasteiger partial charge in [0.05, 0.1) is 6.04 Å². The first-order valence-corrected chi connectivity index (χ1v) is 8.09. The highest BCUT2D eigenvalue weighted by molar-refractivity contribution is 5.98. The quantitative estimate of drug-likeness (QED) is 0.867. The molecule has 1 aromatic carbocycles. The van der Waals surface area contributed by atoms with Crippen LogP contribution in [-0.2, 0) is 4.79 Å². The van der Waals surface area contributed by atoms with Crippen LogP contribution in [0.15, 0.2) is 24.3 Å². The van der Waals surface area contributed by atoms with Gasteiger partial charge in [0.1, 0.15) is 0 Å². The molecule has 2 N–H and O–H groups in total. The summed E-state index contributed by atoms with van der Waals surface area (Å²) >= 11 is 0. The first kappa shape index (κ1) is 19.5. The Morgan fingerprint density at radius 2 is 2.00 bits per heavy atom. The number of carbonyl (C=O) groups is 2. The number of hydrogen-bond acceptors (Lipinski definition) is 3. The van der Waals surface area contributed by atoms with Gasteiger partial charge in [0, 0.05) is 24.3 Å². The Morgan fingerprint density at radius 3 is 2.61 bits per heavy atom. The maximum Gasteiger partial charge on any atom is 0.253 e. The number of amides is 2. The second-order valence-corrected chi connectivity index (χ2v) is 5.55.